The van der Waals surface area contributed by atoms with Crippen LogP contribution in [0.2, 0.25) is 0 Å². The minimum Gasteiger partial charge on any atom is -0.481 e. The highest BCUT2D eigenvalue weighted by Gasteiger charge is 2.09. The molecule has 1 aromatic heterocycles. The molecule has 0 spiro atoms. The van der Waals surface area contributed by atoms with Gasteiger partial charge in [0.1, 0.15) is 0 Å². The summed E-state index contributed by atoms with van der Waals surface area (Å²) in [6.45, 7) is 1.99. The average molecular weight is 276 g/mol. The Morgan fingerprint density at radius 3 is 2.63 bits per heavy atom. The van der Waals surface area contributed by atoms with Crippen LogP contribution in [0.4, 0.5) is 0 Å². The highest BCUT2D eigenvalue weighted by atomic mass is 32.1. The normalized spacial score (nSPS) is 12.3. The van der Waals surface area contributed by atoms with E-state index in [4.69, 9.17) is 10.8 Å². The number of thiazole rings is 1. The van der Waals surface area contributed by atoms with Gasteiger partial charge in [-0.15, -0.1) is 11.3 Å². The van der Waals surface area contributed by atoms with E-state index in [1.807, 2.05) is 36.7 Å². The predicted molar refractivity (Wildman–Crippen MR) is 76.2 cm³/mol. The maximum absolute atomic E-state index is 10.6. The molecule has 0 aliphatic carbocycles. The van der Waals surface area contributed by atoms with Crippen molar-refractivity contribution in [2.45, 2.75) is 25.8 Å². The summed E-state index contributed by atoms with van der Waals surface area (Å²) >= 11 is 1.62. The molecule has 1 heterocycles. The summed E-state index contributed by atoms with van der Waals surface area (Å²) in [7, 11) is 0. The minimum atomic E-state index is -0.857. The van der Waals surface area contributed by atoms with Gasteiger partial charge in [-0.3, -0.25) is 4.79 Å². The van der Waals surface area contributed by atoms with Gasteiger partial charge >= 0.3 is 5.97 Å². The molecule has 19 heavy (non-hydrogen) atoms. The number of carbonyl (C=O) groups is 1. The smallest absolute Gasteiger partial charge is 0.304 e. The molecule has 0 aliphatic heterocycles. The summed E-state index contributed by atoms with van der Waals surface area (Å²) in [5, 5.41) is 8.68. The number of benzene rings is 1. The Morgan fingerprint density at radius 1 is 1.42 bits per heavy atom. The summed E-state index contributed by atoms with van der Waals surface area (Å²) in [4.78, 5) is 16.0. The first-order valence-corrected chi connectivity index (χ1v) is 6.91. The van der Waals surface area contributed by atoms with Crippen molar-refractivity contribution in [3.63, 3.8) is 0 Å². The van der Waals surface area contributed by atoms with Gasteiger partial charge in [0.15, 0.2) is 0 Å². The van der Waals surface area contributed by atoms with Crippen LogP contribution in [0, 0.1) is 6.92 Å². The Morgan fingerprint density at radius 2 is 2.11 bits per heavy atom. The topological polar surface area (TPSA) is 76.2 Å². The molecule has 0 saturated carbocycles. The molecule has 4 nitrogen and oxygen atoms in total. The Hall–Kier alpha value is -1.72. The fraction of sp³-hybridized carbons (Fsp3) is 0.286. The van der Waals surface area contributed by atoms with Crippen LogP contribution >= 0.6 is 11.3 Å². The summed E-state index contributed by atoms with van der Waals surface area (Å²) < 4.78 is 0. The lowest BCUT2D eigenvalue weighted by molar-refractivity contribution is -0.137. The van der Waals surface area contributed by atoms with E-state index < -0.39 is 5.97 Å². The largest absolute Gasteiger partial charge is 0.481 e. The Kier molecular flexibility index (Phi) is 4.29. The zero-order valence-corrected chi connectivity index (χ0v) is 11.5. The third-order valence-electron chi connectivity index (χ3n) is 2.90. The monoisotopic (exact) mass is 276 g/mol. The molecule has 0 fully saturated rings. The molecule has 0 unspecified atom stereocenters. The van der Waals surface area contributed by atoms with Gasteiger partial charge < -0.3 is 10.8 Å². The molecule has 0 amide bonds. The van der Waals surface area contributed by atoms with E-state index in [1.165, 1.54) is 4.88 Å². The van der Waals surface area contributed by atoms with Crippen molar-refractivity contribution in [3.8, 4) is 10.4 Å². The van der Waals surface area contributed by atoms with Gasteiger partial charge in [0.25, 0.3) is 0 Å². The number of aromatic nitrogens is 1. The van der Waals surface area contributed by atoms with Crippen LogP contribution in [0.1, 0.15) is 17.7 Å². The van der Waals surface area contributed by atoms with Gasteiger partial charge in [-0.05, 0) is 24.5 Å². The van der Waals surface area contributed by atoms with Crippen molar-refractivity contribution >= 4 is 17.3 Å². The van der Waals surface area contributed by atoms with E-state index in [9.17, 15) is 4.79 Å². The molecule has 0 saturated heterocycles. The van der Waals surface area contributed by atoms with Crippen molar-refractivity contribution in [2.24, 2.45) is 5.73 Å². The quantitative estimate of drug-likeness (QED) is 0.879. The van der Waals surface area contributed by atoms with Crippen LogP contribution in [0.25, 0.3) is 10.4 Å². The van der Waals surface area contributed by atoms with Crippen LogP contribution in [0.5, 0.6) is 0 Å². The van der Waals surface area contributed by atoms with E-state index in [2.05, 4.69) is 4.98 Å². The molecule has 0 aliphatic rings. The zero-order valence-electron chi connectivity index (χ0n) is 10.7. The molecular weight excluding hydrogens is 260 g/mol. The number of nitrogens with two attached hydrogens (primary N) is 1. The Balaban J connectivity index is 2.07. The average Bonchev–Trinajstić information content (AvgIpc) is 2.75. The highest BCUT2D eigenvalue weighted by molar-refractivity contribution is 7.13. The third kappa shape index (κ3) is 3.62. The number of carboxylic acids is 1. The van der Waals surface area contributed by atoms with E-state index in [0.29, 0.717) is 6.42 Å². The van der Waals surface area contributed by atoms with Crippen LogP contribution in [0.3, 0.4) is 0 Å². The summed E-state index contributed by atoms with van der Waals surface area (Å²) in [5.74, 6) is -0.857. The van der Waals surface area contributed by atoms with Crippen molar-refractivity contribution in [3.05, 3.63) is 41.0 Å². The number of nitrogens with zero attached hydrogens (tertiary/aromatic N) is 1. The number of aryl methyl sites for hydroxylation is 1. The molecule has 0 bridgehead atoms. The maximum Gasteiger partial charge on any atom is 0.304 e. The molecule has 5 heteroatoms. The third-order valence-corrected chi connectivity index (χ3v) is 3.87. The van der Waals surface area contributed by atoms with Gasteiger partial charge in [-0.2, -0.15) is 0 Å². The second-order valence-corrected chi connectivity index (χ2v) is 5.38. The minimum absolute atomic E-state index is 0.00426. The summed E-state index contributed by atoms with van der Waals surface area (Å²) in [6, 6.07) is 7.72. The van der Waals surface area contributed by atoms with Gasteiger partial charge in [0.2, 0.25) is 0 Å². The standard InChI is InChI=1S/C14H16N2O2S/c1-9-14(19-8-16-9)11-4-2-10(3-5-11)6-12(15)7-13(17)18/h2-5,8,12H,6-7,15H2,1H3,(H,17,18)/t12-/m0/s1. The fourth-order valence-corrected chi connectivity index (χ4v) is 2.78. The first-order valence-electron chi connectivity index (χ1n) is 6.03. The number of carboxylic acid groups (broad SMARTS) is 1. The zero-order chi connectivity index (χ0) is 13.8. The van der Waals surface area contributed by atoms with Gasteiger partial charge in [-0.1, -0.05) is 24.3 Å². The maximum atomic E-state index is 10.6. The van der Waals surface area contributed by atoms with E-state index in [1.54, 1.807) is 11.3 Å². The Labute approximate surface area is 115 Å². The van der Waals surface area contributed by atoms with Crippen LogP contribution < -0.4 is 5.73 Å². The number of rotatable bonds is 5. The first-order chi connectivity index (χ1) is 9.06. The lowest BCUT2D eigenvalue weighted by Gasteiger charge is -2.09. The Bertz CT molecular complexity index is 563. The second-order valence-electron chi connectivity index (χ2n) is 4.53. The van der Waals surface area contributed by atoms with Crippen LogP contribution in [0.15, 0.2) is 29.8 Å². The molecule has 1 atom stereocenters. The number of hydrogen-bond acceptors (Lipinski definition) is 4. The summed E-state index contributed by atoms with van der Waals surface area (Å²) in [6.07, 6.45) is 0.573. The lowest BCUT2D eigenvalue weighted by atomic mass is 10.0. The van der Waals surface area contributed by atoms with Crippen molar-refractivity contribution in [1.82, 2.24) is 4.98 Å². The molecule has 1 aromatic carbocycles. The summed E-state index contributed by atoms with van der Waals surface area (Å²) in [5.41, 5.74) is 10.8. The highest BCUT2D eigenvalue weighted by Crippen LogP contribution is 2.27. The van der Waals surface area contributed by atoms with E-state index in [-0.39, 0.29) is 12.5 Å². The van der Waals surface area contributed by atoms with Gasteiger partial charge in [0.05, 0.1) is 22.5 Å². The van der Waals surface area contributed by atoms with Crippen molar-refractivity contribution in [1.29, 1.82) is 0 Å². The van der Waals surface area contributed by atoms with Gasteiger partial charge in [0, 0.05) is 6.04 Å². The van der Waals surface area contributed by atoms with Crippen molar-refractivity contribution < 1.29 is 9.90 Å². The number of aliphatic carboxylic acids is 1. The lowest BCUT2D eigenvalue weighted by Crippen LogP contribution is -2.26. The molecule has 0 radical (unpaired) electrons. The van der Waals surface area contributed by atoms with E-state index in [0.717, 1.165) is 16.8 Å². The van der Waals surface area contributed by atoms with Crippen molar-refractivity contribution in [2.75, 3.05) is 0 Å². The molecular formula is C14H16N2O2S. The van der Waals surface area contributed by atoms with Gasteiger partial charge in [-0.25, -0.2) is 4.98 Å². The molecule has 100 valence electrons. The number of hydrogen-bond donors (Lipinski definition) is 2. The van der Waals surface area contributed by atoms with Crippen LogP contribution in [-0.2, 0) is 11.2 Å². The van der Waals surface area contributed by atoms with E-state index >= 15 is 0 Å². The molecule has 2 rings (SSSR count). The second kappa shape index (κ2) is 5.95. The van der Waals surface area contributed by atoms with Crippen LogP contribution in [-0.4, -0.2) is 22.1 Å². The molecule has 3 N–H and O–H groups in total. The predicted octanol–water partition coefficient (Wildman–Crippen LogP) is 2.46. The SMILES string of the molecule is Cc1ncsc1-c1ccc(C[C@H](N)CC(=O)O)cc1. The molecule has 2 aromatic rings. The first kappa shape index (κ1) is 13.7. The fourth-order valence-electron chi connectivity index (χ4n) is 1.97.